The van der Waals surface area contributed by atoms with Crippen LogP contribution in [0.5, 0.6) is 0 Å². The molecule has 0 saturated carbocycles. The van der Waals surface area contributed by atoms with E-state index in [4.69, 9.17) is 0 Å². The number of rotatable bonds is 8. The van der Waals surface area contributed by atoms with Gasteiger partial charge in [-0.1, -0.05) is 94.3 Å². The summed E-state index contributed by atoms with van der Waals surface area (Å²) >= 11 is 0. The quantitative estimate of drug-likeness (QED) is 0.218. The summed E-state index contributed by atoms with van der Waals surface area (Å²) in [6.45, 7) is 4.57. The minimum atomic E-state index is -0.280. The maximum Gasteiger partial charge on any atom is 4.00 e. The van der Waals surface area contributed by atoms with Gasteiger partial charge in [0, 0.05) is 0 Å². The average Bonchev–Trinajstić information content (AvgIpc) is 2.83. The van der Waals surface area contributed by atoms with Crippen LogP contribution >= 0.6 is 0 Å². The van der Waals surface area contributed by atoms with Crippen LogP contribution in [-0.2, 0) is 21.7 Å². The summed E-state index contributed by atoms with van der Waals surface area (Å²) in [7, 11) is -0.280. The molecule has 1 aliphatic carbocycles. The number of allylic oxidation sites excluding steroid dienone is 4. The van der Waals surface area contributed by atoms with Gasteiger partial charge < -0.3 is 37.2 Å². The van der Waals surface area contributed by atoms with Crippen LogP contribution < -0.4 is 42.4 Å². The van der Waals surface area contributed by atoms with Crippen LogP contribution in [0.25, 0.3) is 0 Å². The third-order valence-corrected chi connectivity index (χ3v) is 5.76. The zero-order valence-electron chi connectivity index (χ0n) is 14.7. The molecule has 5 heteroatoms. The summed E-state index contributed by atoms with van der Waals surface area (Å²) in [4.78, 5) is 0. The Labute approximate surface area is 184 Å². The first kappa shape index (κ1) is 29.3. The van der Waals surface area contributed by atoms with Crippen molar-refractivity contribution in [3.63, 3.8) is 0 Å². The minimum absolute atomic E-state index is 0. The summed E-state index contributed by atoms with van der Waals surface area (Å²) in [6, 6.07) is 11.0. The van der Waals surface area contributed by atoms with Gasteiger partial charge in [0.1, 0.15) is 0 Å². The summed E-state index contributed by atoms with van der Waals surface area (Å²) in [6.07, 6.45) is 12.9. The Bertz CT molecular complexity index is 487. The molecular weight excluding hydrogens is 411 g/mol. The van der Waals surface area contributed by atoms with E-state index in [1.807, 2.05) is 0 Å². The zero-order valence-corrected chi connectivity index (χ0v) is 19.9. The van der Waals surface area contributed by atoms with Crippen LogP contribution in [-0.4, -0.2) is 9.52 Å². The van der Waals surface area contributed by atoms with E-state index in [1.165, 1.54) is 44.9 Å². The maximum atomic E-state index is 3.78. The molecule has 0 unspecified atom stereocenters. The Morgan fingerprint density at radius 1 is 0.917 bits per heavy atom. The van der Waals surface area contributed by atoms with Gasteiger partial charge in [-0.25, -0.2) is 11.1 Å². The number of halogens is 3. The van der Waals surface area contributed by atoms with Crippen LogP contribution in [0.15, 0.2) is 46.7 Å². The van der Waals surface area contributed by atoms with Crippen molar-refractivity contribution in [1.29, 1.82) is 0 Å². The Balaban J connectivity index is -0.00000110. The van der Waals surface area contributed by atoms with Crippen LogP contribution in [0, 0.1) is 6.08 Å². The van der Waals surface area contributed by atoms with Crippen LogP contribution in [0.3, 0.4) is 0 Å². The van der Waals surface area contributed by atoms with Crippen LogP contribution in [0.1, 0.15) is 58.8 Å². The Morgan fingerprint density at radius 2 is 1.58 bits per heavy atom. The first-order chi connectivity index (χ1) is 9.83. The molecule has 1 aliphatic rings. The Hall–Kier alpha value is 0.501. The first-order valence-corrected chi connectivity index (χ1v) is 9.61. The first-order valence-electron chi connectivity index (χ1n) is 8.20. The molecule has 0 fully saturated rings. The van der Waals surface area contributed by atoms with Crippen molar-refractivity contribution in [3.05, 3.63) is 52.8 Å². The van der Waals surface area contributed by atoms with Gasteiger partial charge in [0.25, 0.3) is 0 Å². The van der Waals surface area contributed by atoms with Crippen molar-refractivity contribution in [2.24, 2.45) is 0 Å². The number of hydrogen-bond acceptors (Lipinski definition) is 0. The topological polar surface area (TPSA) is 0 Å². The fourth-order valence-electron chi connectivity index (χ4n) is 2.98. The molecule has 0 radical (unpaired) electrons. The minimum Gasteiger partial charge on any atom is -1.00 e. The molecule has 0 atom stereocenters. The monoisotopic (exact) mass is 436 g/mol. The van der Waals surface area contributed by atoms with E-state index in [2.05, 4.69) is 50.3 Å². The molecule has 0 bridgehead atoms. The van der Waals surface area contributed by atoms with Gasteiger partial charge in [0.2, 0.25) is 0 Å². The normalized spacial score (nSPS) is 12.8. The fraction of sp³-hybridized carbons (Fsp3) is 0.474. The largest absolute Gasteiger partial charge is 4.00 e. The predicted octanol–water partition coefficient (Wildman–Crippen LogP) is -4.74. The molecule has 0 aromatic heterocycles. The van der Waals surface area contributed by atoms with Crippen molar-refractivity contribution >= 4 is 14.7 Å². The molecule has 0 heterocycles. The summed E-state index contributed by atoms with van der Waals surface area (Å²) in [5.41, 5.74) is 3.26. The molecule has 1 aromatic carbocycles. The standard InChI is InChI=1S/C19H27Si.3ClH.Ti/c1-3-5-7-11-17-15-19(14-16(17)10-4-2)20-18-12-8-6-9-13-18;;;;/h6,8-9,12-13H,3-5,7,10-11,15,20H2,1-2H3;3*1H;/q-1;;;;+4/p-3. The Morgan fingerprint density at radius 3 is 2.17 bits per heavy atom. The second-order valence-corrected chi connectivity index (χ2v) is 7.88. The Kier molecular flexibility index (Phi) is 20.7. The smallest absolute Gasteiger partial charge is 1.00 e. The summed E-state index contributed by atoms with van der Waals surface area (Å²) < 4.78 is 0. The van der Waals surface area contributed by atoms with E-state index in [0.717, 1.165) is 0 Å². The summed E-state index contributed by atoms with van der Waals surface area (Å²) in [5.74, 6) is 0. The molecule has 1 aromatic rings. The van der Waals surface area contributed by atoms with Gasteiger partial charge in [-0.05, 0) is 0 Å². The van der Waals surface area contributed by atoms with E-state index in [-0.39, 0.29) is 68.5 Å². The van der Waals surface area contributed by atoms with E-state index < -0.39 is 0 Å². The molecule has 2 rings (SSSR count). The second kappa shape index (κ2) is 16.9. The van der Waals surface area contributed by atoms with Crippen LogP contribution in [0.4, 0.5) is 0 Å². The molecule has 132 valence electrons. The molecule has 24 heavy (non-hydrogen) atoms. The van der Waals surface area contributed by atoms with Gasteiger partial charge in [-0.3, -0.25) is 6.08 Å². The van der Waals surface area contributed by atoms with E-state index in [9.17, 15) is 0 Å². The van der Waals surface area contributed by atoms with Crippen molar-refractivity contribution in [2.45, 2.75) is 58.8 Å². The van der Waals surface area contributed by atoms with Crippen molar-refractivity contribution in [2.75, 3.05) is 0 Å². The van der Waals surface area contributed by atoms with E-state index in [0.29, 0.717) is 0 Å². The molecule has 0 nitrogen and oxygen atoms in total. The second-order valence-electron chi connectivity index (χ2n) is 5.86. The molecule has 0 aliphatic heterocycles. The maximum absolute atomic E-state index is 3.78. The van der Waals surface area contributed by atoms with E-state index in [1.54, 1.807) is 21.5 Å². The summed E-state index contributed by atoms with van der Waals surface area (Å²) in [5, 5.41) is 3.19. The number of unbranched alkanes of at least 4 members (excludes halogenated alkanes) is 2. The average molecular weight is 438 g/mol. The molecule has 0 saturated heterocycles. The molecule has 0 N–H and O–H groups in total. The van der Waals surface area contributed by atoms with E-state index >= 15 is 0 Å². The van der Waals surface area contributed by atoms with Crippen molar-refractivity contribution < 1.29 is 58.9 Å². The molecular formula is C19H27Cl3SiTi. The van der Waals surface area contributed by atoms with Gasteiger partial charge >= 0.3 is 21.7 Å². The number of hydrogen-bond donors (Lipinski definition) is 0. The van der Waals surface area contributed by atoms with Gasteiger partial charge in [0.05, 0.1) is 9.52 Å². The predicted molar refractivity (Wildman–Crippen MR) is 92.1 cm³/mol. The number of benzene rings is 1. The third kappa shape index (κ3) is 9.85. The van der Waals surface area contributed by atoms with Crippen molar-refractivity contribution in [1.82, 2.24) is 0 Å². The van der Waals surface area contributed by atoms with Crippen molar-refractivity contribution in [3.8, 4) is 0 Å². The SMILES string of the molecule is CCCCCC1=C(CCC)[C-]=C([SiH2]c2ccccc2)C1.[Cl-].[Cl-].[Cl-].[Ti+4]. The third-order valence-electron chi connectivity index (χ3n) is 4.02. The van der Waals surface area contributed by atoms with Gasteiger partial charge in [-0.2, -0.15) is 5.20 Å². The van der Waals surface area contributed by atoms with Gasteiger partial charge in [0.15, 0.2) is 0 Å². The molecule has 0 spiro atoms. The fourth-order valence-corrected chi connectivity index (χ4v) is 4.71. The van der Waals surface area contributed by atoms with Gasteiger partial charge in [-0.15, -0.1) is 0 Å². The molecule has 0 amide bonds. The van der Waals surface area contributed by atoms with Crippen LogP contribution in [0.2, 0.25) is 0 Å². The zero-order chi connectivity index (χ0) is 14.2.